The van der Waals surface area contributed by atoms with Gasteiger partial charge in [0.2, 0.25) is 5.78 Å². The van der Waals surface area contributed by atoms with Crippen LogP contribution < -0.4 is 0 Å². The van der Waals surface area contributed by atoms with E-state index >= 15 is 0 Å². The predicted molar refractivity (Wildman–Crippen MR) is 124 cm³/mol. The molecule has 6 unspecified atom stereocenters. The molecule has 3 fully saturated rings. The third kappa shape index (κ3) is 2.39. The number of hydrogen-bond acceptors (Lipinski definition) is 5. The fourth-order valence-corrected chi connectivity index (χ4v) is 8.27. The van der Waals surface area contributed by atoms with Gasteiger partial charge in [-0.3, -0.25) is 14.4 Å². The van der Waals surface area contributed by atoms with Crippen LogP contribution in [-0.4, -0.2) is 33.2 Å². The van der Waals surface area contributed by atoms with E-state index in [4.69, 9.17) is 0 Å². The smallest absolute Gasteiger partial charge is 0.220 e. The van der Waals surface area contributed by atoms with Crippen LogP contribution in [0.15, 0.2) is 46.3 Å². The molecular weight excluding hydrogens is 416 g/mol. The van der Waals surface area contributed by atoms with Crippen LogP contribution in [0.5, 0.6) is 0 Å². The topological polar surface area (TPSA) is 91.7 Å². The average molecular weight is 451 g/mol. The zero-order valence-electron chi connectivity index (χ0n) is 20.5. The maximum atomic E-state index is 13.4. The highest BCUT2D eigenvalue weighted by molar-refractivity contribution is 6.14. The summed E-state index contributed by atoms with van der Waals surface area (Å²) in [5.41, 5.74) is 0.204. The minimum atomic E-state index is -1.90. The number of aliphatic hydroxyl groups is 2. The monoisotopic (exact) mass is 450 g/mol. The number of carbonyl (C=O) groups is 3. The lowest BCUT2D eigenvalue weighted by molar-refractivity contribution is -0.188. The fourth-order valence-electron chi connectivity index (χ4n) is 8.27. The molecule has 6 atom stereocenters. The summed E-state index contributed by atoms with van der Waals surface area (Å²) in [4.78, 5) is 38.8. The van der Waals surface area contributed by atoms with Gasteiger partial charge in [-0.2, -0.15) is 0 Å². The number of ketones is 3. The normalized spacial score (nSPS) is 47.1. The second kappa shape index (κ2) is 6.24. The van der Waals surface area contributed by atoms with Crippen LogP contribution >= 0.6 is 0 Å². The highest BCUT2D eigenvalue weighted by Crippen LogP contribution is 2.74. The number of rotatable bonds is 0. The number of aliphatic hydroxyl groups excluding tert-OH is 1. The molecule has 0 aromatic rings. The molecule has 0 saturated heterocycles. The predicted octanol–water partition coefficient (Wildman–Crippen LogP) is 4.72. The maximum Gasteiger partial charge on any atom is 0.220 e. The first kappa shape index (κ1) is 22.5. The van der Waals surface area contributed by atoms with Crippen LogP contribution in [-0.2, 0) is 14.4 Å². The quantitative estimate of drug-likeness (QED) is 0.521. The highest BCUT2D eigenvalue weighted by atomic mass is 16.3. The van der Waals surface area contributed by atoms with Crippen LogP contribution in [0, 0.1) is 27.6 Å². The minimum absolute atomic E-state index is 0.146. The van der Waals surface area contributed by atoms with Gasteiger partial charge in [-0.1, -0.05) is 45.4 Å². The van der Waals surface area contributed by atoms with Crippen LogP contribution in [0.3, 0.4) is 0 Å². The van der Waals surface area contributed by atoms with E-state index in [-0.39, 0.29) is 51.7 Å². The summed E-state index contributed by atoms with van der Waals surface area (Å²) < 4.78 is 0. The van der Waals surface area contributed by atoms with Gasteiger partial charge >= 0.3 is 0 Å². The first-order chi connectivity index (χ1) is 15.1. The van der Waals surface area contributed by atoms with Gasteiger partial charge in [-0.15, -0.1) is 0 Å². The summed E-state index contributed by atoms with van der Waals surface area (Å²) in [6, 6.07) is 0. The zero-order chi connectivity index (χ0) is 24.4. The molecule has 0 aromatic heterocycles. The van der Waals surface area contributed by atoms with Gasteiger partial charge in [0.05, 0.1) is 0 Å². The van der Waals surface area contributed by atoms with Gasteiger partial charge in [0.25, 0.3) is 0 Å². The SMILES string of the molecule is CC1=C(O)C(=O)C=C2C1=CC=C1C2(C)CCC2(C)C3CC(=O)C(C)(O)C(=O)C3(C)CCC12C. The number of carbonyl (C=O) groups excluding carboxylic acids is 3. The van der Waals surface area contributed by atoms with Crippen molar-refractivity contribution in [2.75, 3.05) is 0 Å². The van der Waals surface area contributed by atoms with E-state index in [2.05, 4.69) is 26.8 Å². The van der Waals surface area contributed by atoms with Crippen molar-refractivity contribution in [3.8, 4) is 0 Å². The van der Waals surface area contributed by atoms with E-state index < -0.39 is 11.0 Å². The molecule has 5 heteroatoms. The molecule has 0 bridgehead atoms. The number of fused-ring (bicyclic) bond motifs is 7. The lowest BCUT2D eigenvalue weighted by Gasteiger charge is -2.68. The molecule has 0 aromatic carbocycles. The highest BCUT2D eigenvalue weighted by Gasteiger charge is 2.70. The van der Waals surface area contributed by atoms with Crippen molar-refractivity contribution in [2.45, 2.75) is 79.2 Å². The first-order valence-corrected chi connectivity index (χ1v) is 12.1. The molecule has 0 radical (unpaired) electrons. The Morgan fingerprint density at radius 1 is 0.939 bits per heavy atom. The second-order valence-electron chi connectivity index (χ2n) is 12.1. The van der Waals surface area contributed by atoms with Gasteiger partial charge < -0.3 is 10.2 Å². The Labute approximate surface area is 195 Å². The van der Waals surface area contributed by atoms with E-state index in [0.717, 1.165) is 30.4 Å². The van der Waals surface area contributed by atoms with Gasteiger partial charge in [-0.25, -0.2) is 0 Å². The van der Waals surface area contributed by atoms with Crippen LogP contribution in [0.4, 0.5) is 0 Å². The number of allylic oxidation sites excluding steroid dienone is 7. The van der Waals surface area contributed by atoms with Crippen molar-refractivity contribution < 1.29 is 24.6 Å². The average Bonchev–Trinajstić information content (AvgIpc) is 2.75. The Kier molecular flexibility index (Phi) is 4.26. The molecular formula is C28H34O5. The van der Waals surface area contributed by atoms with Crippen molar-refractivity contribution >= 4 is 17.3 Å². The van der Waals surface area contributed by atoms with Gasteiger partial charge in [0, 0.05) is 22.8 Å². The van der Waals surface area contributed by atoms with E-state index in [1.165, 1.54) is 12.5 Å². The molecule has 0 spiro atoms. The summed E-state index contributed by atoms with van der Waals surface area (Å²) >= 11 is 0. The van der Waals surface area contributed by atoms with Crippen molar-refractivity contribution in [3.05, 3.63) is 46.3 Å². The Morgan fingerprint density at radius 2 is 1.61 bits per heavy atom. The Morgan fingerprint density at radius 3 is 2.27 bits per heavy atom. The molecule has 2 N–H and O–H groups in total. The Hall–Kier alpha value is -2.27. The maximum absolute atomic E-state index is 13.4. The first-order valence-electron chi connectivity index (χ1n) is 12.1. The van der Waals surface area contributed by atoms with Crippen molar-refractivity contribution in [3.63, 3.8) is 0 Å². The molecule has 0 amide bonds. The molecule has 5 nitrogen and oxygen atoms in total. The summed E-state index contributed by atoms with van der Waals surface area (Å²) in [6.07, 6.45) is 9.00. The summed E-state index contributed by atoms with van der Waals surface area (Å²) in [7, 11) is 0. The Balaban J connectivity index is 1.67. The van der Waals surface area contributed by atoms with E-state index in [9.17, 15) is 24.6 Å². The van der Waals surface area contributed by atoms with E-state index in [1.807, 2.05) is 13.0 Å². The van der Waals surface area contributed by atoms with Gasteiger partial charge in [0.15, 0.2) is 22.9 Å². The third-order valence-electron chi connectivity index (χ3n) is 10.7. The molecule has 5 aliphatic carbocycles. The Bertz CT molecular complexity index is 1160. The zero-order valence-corrected chi connectivity index (χ0v) is 20.5. The molecule has 33 heavy (non-hydrogen) atoms. The van der Waals surface area contributed by atoms with E-state index in [0.29, 0.717) is 12.0 Å². The third-order valence-corrected chi connectivity index (χ3v) is 10.7. The second-order valence-corrected chi connectivity index (χ2v) is 12.1. The molecule has 176 valence electrons. The van der Waals surface area contributed by atoms with Crippen LogP contribution in [0.1, 0.15) is 73.6 Å². The minimum Gasteiger partial charge on any atom is -0.504 e. The van der Waals surface area contributed by atoms with Crippen LogP contribution in [0.2, 0.25) is 0 Å². The molecule has 5 rings (SSSR count). The van der Waals surface area contributed by atoms with Crippen LogP contribution in [0.25, 0.3) is 0 Å². The largest absolute Gasteiger partial charge is 0.504 e. The summed E-state index contributed by atoms with van der Waals surface area (Å²) in [5, 5.41) is 20.9. The molecule has 0 heterocycles. The van der Waals surface area contributed by atoms with Crippen molar-refractivity contribution in [1.82, 2.24) is 0 Å². The van der Waals surface area contributed by atoms with Gasteiger partial charge in [0.1, 0.15) is 0 Å². The summed E-state index contributed by atoms with van der Waals surface area (Å²) in [6.45, 7) is 11.8. The fraction of sp³-hybridized carbons (Fsp3) is 0.607. The lowest BCUT2D eigenvalue weighted by Crippen LogP contribution is -2.68. The van der Waals surface area contributed by atoms with E-state index in [1.54, 1.807) is 13.0 Å². The lowest BCUT2D eigenvalue weighted by atomic mass is 9.34. The summed E-state index contributed by atoms with van der Waals surface area (Å²) in [5.74, 6) is -1.37. The standard InChI is InChI=1S/C28H34O5/c1-15-16-7-8-19-24(2,17(16)13-18(29)22(15)31)9-11-27(5)20-14-21(30)28(6,33)23(32)25(20,3)10-12-26(19,27)4/h7-8,13,20,31,33H,9-12,14H2,1-6H3. The molecule has 0 aliphatic heterocycles. The molecule has 5 aliphatic rings. The number of hydrogen-bond donors (Lipinski definition) is 2. The van der Waals surface area contributed by atoms with Gasteiger partial charge in [-0.05, 0) is 73.5 Å². The molecule has 3 saturated carbocycles. The van der Waals surface area contributed by atoms with Crippen molar-refractivity contribution in [2.24, 2.45) is 27.6 Å². The van der Waals surface area contributed by atoms with Crippen molar-refractivity contribution in [1.29, 1.82) is 0 Å². The number of Topliss-reactive ketones (excluding diaryl/α,β-unsaturated/α-hetero) is 2.